The molecule has 0 saturated carbocycles. The van der Waals surface area contributed by atoms with E-state index >= 15 is 0 Å². The fraction of sp³-hybridized carbons (Fsp3) is 0.476. The van der Waals surface area contributed by atoms with Crippen molar-refractivity contribution >= 4 is 12.0 Å². The van der Waals surface area contributed by atoms with Gasteiger partial charge in [-0.2, -0.15) is 0 Å². The van der Waals surface area contributed by atoms with E-state index in [1.807, 2.05) is 31.3 Å². The van der Waals surface area contributed by atoms with E-state index in [0.29, 0.717) is 45.5 Å². The number of hydrogen-bond donors (Lipinski definition) is 1. The van der Waals surface area contributed by atoms with E-state index in [2.05, 4.69) is 27.0 Å². The molecular weight excluding hydrogens is 356 g/mol. The first-order valence-corrected chi connectivity index (χ1v) is 9.90. The highest BCUT2D eigenvalue weighted by Gasteiger charge is 2.28. The van der Waals surface area contributed by atoms with E-state index in [-0.39, 0.29) is 17.9 Å². The molecule has 7 heteroatoms. The average Bonchev–Trinajstić information content (AvgIpc) is 3.16. The first-order valence-electron chi connectivity index (χ1n) is 9.90. The molecule has 0 spiro atoms. The van der Waals surface area contributed by atoms with Crippen LogP contribution in [0, 0.1) is 5.92 Å². The predicted octanol–water partition coefficient (Wildman–Crippen LogP) is 2.46. The lowest BCUT2D eigenvalue weighted by atomic mass is 9.97. The summed E-state index contributed by atoms with van der Waals surface area (Å²) < 4.78 is 7.17. The van der Waals surface area contributed by atoms with E-state index in [1.165, 1.54) is 5.56 Å². The molecule has 28 heavy (non-hydrogen) atoms. The maximum Gasteiger partial charge on any atom is 0.317 e. The third-order valence-corrected chi connectivity index (χ3v) is 5.02. The number of aromatic nitrogens is 2. The predicted molar refractivity (Wildman–Crippen MR) is 106 cm³/mol. The quantitative estimate of drug-likeness (QED) is 0.744. The van der Waals surface area contributed by atoms with Gasteiger partial charge in [-0.1, -0.05) is 30.3 Å². The van der Waals surface area contributed by atoms with Crippen molar-refractivity contribution in [2.24, 2.45) is 5.92 Å². The summed E-state index contributed by atoms with van der Waals surface area (Å²) in [5.74, 6) is 0.715. The molecule has 7 nitrogen and oxygen atoms in total. The number of nitrogens with one attached hydrogen (secondary N) is 1. The fourth-order valence-electron chi connectivity index (χ4n) is 3.46. The second-order valence-corrected chi connectivity index (χ2v) is 6.95. The largest absolute Gasteiger partial charge is 0.466 e. The lowest BCUT2D eigenvalue weighted by molar-refractivity contribution is -0.149. The molecule has 0 radical (unpaired) electrons. The Morgan fingerprint density at radius 3 is 2.68 bits per heavy atom. The van der Waals surface area contributed by atoms with E-state index in [4.69, 9.17) is 4.74 Å². The van der Waals surface area contributed by atoms with Crippen LogP contribution < -0.4 is 5.32 Å². The smallest absolute Gasteiger partial charge is 0.317 e. The van der Waals surface area contributed by atoms with Gasteiger partial charge in [0.25, 0.3) is 0 Å². The number of piperidine rings is 1. The van der Waals surface area contributed by atoms with Crippen LogP contribution in [-0.4, -0.2) is 52.7 Å². The molecule has 2 heterocycles. The number of hydrogen-bond acceptors (Lipinski definition) is 4. The van der Waals surface area contributed by atoms with Crippen LogP contribution in [0.2, 0.25) is 0 Å². The zero-order valence-corrected chi connectivity index (χ0v) is 16.3. The Labute approximate surface area is 165 Å². The van der Waals surface area contributed by atoms with Crippen LogP contribution in [0.15, 0.2) is 42.7 Å². The summed E-state index contributed by atoms with van der Waals surface area (Å²) in [7, 11) is 0. The number of likely N-dealkylation sites (tertiary alicyclic amines) is 1. The van der Waals surface area contributed by atoms with E-state index in [1.54, 1.807) is 11.1 Å². The fourth-order valence-corrected chi connectivity index (χ4v) is 3.46. The number of nitrogens with zero attached hydrogens (tertiary/aromatic N) is 3. The van der Waals surface area contributed by atoms with Crippen molar-refractivity contribution in [2.75, 3.05) is 26.2 Å². The summed E-state index contributed by atoms with van der Waals surface area (Å²) in [5.41, 5.74) is 1.22. The monoisotopic (exact) mass is 384 g/mol. The standard InChI is InChI=1S/C21H28N4O3/c1-2-28-20(26)18-9-13-24(14-10-18)21(27)23-11-8-19-22-12-15-25(19)16-17-6-4-3-5-7-17/h3-7,12,15,18H,2,8-11,13-14,16H2,1H3,(H,23,27). The van der Waals surface area contributed by atoms with Gasteiger partial charge in [-0.3, -0.25) is 4.79 Å². The second kappa shape index (κ2) is 9.92. The van der Waals surface area contributed by atoms with Gasteiger partial charge >= 0.3 is 12.0 Å². The summed E-state index contributed by atoms with van der Waals surface area (Å²) in [4.78, 5) is 30.4. The molecule has 1 aromatic heterocycles. The molecule has 1 aromatic carbocycles. The van der Waals surface area contributed by atoms with Crippen LogP contribution in [-0.2, 0) is 22.5 Å². The van der Waals surface area contributed by atoms with Crippen LogP contribution in [0.5, 0.6) is 0 Å². The maximum absolute atomic E-state index is 12.4. The molecule has 1 aliphatic rings. The molecule has 0 atom stereocenters. The highest BCUT2D eigenvalue weighted by Crippen LogP contribution is 2.18. The van der Waals surface area contributed by atoms with Gasteiger partial charge in [0.2, 0.25) is 0 Å². The minimum absolute atomic E-state index is 0.0801. The minimum atomic E-state index is -0.146. The Balaban J connectivity index is 1.42. The summed E-state index contributed by atoms with van der Waals surface area (Å²) in [6, 6.07) is 10.2. The van der Waals surface area contributed by atoms with Crippen LogP contribution in [0.3, 0.4) is 0 Å². The number of amides is 2. The molecule has 1 fully saturated rings. The minimum Gasteiger partial charge on any atom is -0.466 e. The first kappa shape index (κ1) is 19.9. The van der Waals surface area contributed by atoms with E-state index < -0.39 is 0 Å². The van der Waals surface area contributed by atoms with Crippen molar-refractivity contribution in [2.45, 2.75) is 32.7 Å². The number of imidazole rings is 1. The summed E-state index contributed by atoms with van der Waals surface area (Å²) in [6.45, 7) is 4.68. The van der Waals surface area contributed by atoms with Crippen molar-refractivity contribution in [3.05, 3.63) is 54.1 Å². The number of benzene rings is 1. The second-order valence-electron chi connectivity index (χ2n) is 6.95. The van der Waals surface area contributed by atoms with Gasteiger partial charge in [0, 0.05) is 45.0 Å². The molecule has 1 N–H and O–H groups in total. The lowest BCUT2D eigenvalue weighted by Crippen LogP contribution is -2.46. The highest BCUT2D eigenvalue weighted by molar-refractivity contribution is 5.76. The van der Waals surface area contributed by atoms with Crippen molar-refractivity contribution in [1.29, 1.82) is 0 Å². The summed E-state index contributed by atoms with van der Waals surface area (Å²) in [5, 5.41) is 2.97. The molecule has 1 aliphatic heterocycles. The van der Waals surface area contributed by atoms with Crippen LogP contribution in [0.4, 0.5) is 4.79 Å². The van der Waals surface area contributed by atoms with Crippen molar-refractivity contribution in [3.63, 3.8) is 0 Å². The third kappa shape index (κ3) is 5.34. The van der Waals surface area contributed by atoms with Gasteiger partial charge < -0.3 is 19.5 Å². The molecule has 2 amide bonds. The van der Waals surface area contributed by atoms with Gasteiger partial charge in [-0.25, -0.2) is 9.78 Å². The Hall–Kier alpha value is -2.83. The maximum atomic E-state index is 12.4. The molecule has 0 aliphatic carbocycles. The van der Waals surface area contributed by atoms with Gasteiger partial charge in [0.05, 0.1) is 12.5 Å². The number of esters is 1. The Kier molecular flexibility index (Phi) is 7.06. The number of rotatable bonds is 7. The van der Waals surface area contributed by atoms with Gasteiger partial charge in [0.1, 0.15) is 5.82 Å². The lowest BCUT2D eigenvalue weighted by Gasteiger charge is -2.30. The third-order valence-electron chi connectivity index (χ3n) is 5.02. The van der Waals surface area contributed by atoms with E-state index in [9.17, 15) is 9.59 Å². The zero-order valence-electron chi connectivity index (χ0n) is 16.3. The topological polar surface area (TPSA) is 76.5 Å². The van der Waals surface area contributed by atoms with Crippen LogP contribution in [0.1, 0.15) is 31.2 Å². The number of carbonyl (C=O) groups is 2. The summed E-state index contributed by atoms with van der Waals surface area (Å²) >= 11 is 0. The Bertz CT molecular complexity index is 767. The number of urea groups is 1. The van der Waals surface area contributed by atoms with Gasteiger partial charge in [-0.15, -0.1) is 0 Å². The van der Waals surface area contributed by atoms with E-state index in [0.717, 1.165) is 12.4 Å². The van der Waals surface area contributed by atoms with Gasteiger partial charge in [-0.05, 0) is 25.3 Å². The van der Waals surface area contributed by atoms with Gasteiger partial charge in [0.15, 0.2) is 0 Å². The normalized spacial score (nSPS) is 14.7. The molecule has 0 bridgehead atoms. The number of carbonyl (C=O) groups excluding carboxylic acids is 2. The number of ether oxygens (including phenoxy) is 1. The molecule has 3 rings (SSSR count). The molecule has 0 unspecified atom stereocenters. The summed E-state index contributed by atoms with van der Waals surface area (Å²) in [6.07, 6.45) is 5.75. The van der Waals surface area contributed by atoms with Crippen molar-refractivity contribution < 1.29 is 14.3 Å². The molecule has 2 aromatic rings. The Morgan fingerprint density at radius 1 is 1.21 bits per heavy atom. The molecule has 150 valence electrons. The van der Waals surface area contributed by atoms with Crippen molar-refractivity contribution in [1.82, 2.24) is 19.8 Å². The zero-order chi connectivity index (χ0) is 19.8. The van der Waals surface area contributed by atoms with Crippen LogP contribution in [0.25, 0.3) is 0 Å². The van der Waals surface area contributed by atoms with Crippen molar-refractivity contribution in [3.8, 4) is 0 Å². The molecular formula is C21H28N4O3. The molecule has 1 saturated heterocycles. The SMILES string of the molecule is CCOC(=O)C1CCN(C(=O)NCCc2nccn2Cc2ccccc2)CC1. The Morgan fingerprint density at radius 2 is 1.96 bits per heavy atom. The average molecular weight is 384 g/mol. The highest BCUT2D eigenvalue weighted by atomic mass is 16.5. The van der Waals surface area contributed by atoms with Crippen LogP contribution >= 0.6 is 0 Å². The first-order chi connectivity index (χ1) is 13.7.